The van der Waals surface area contributed by atoms with Gasteiger partial charge in [0.2, 0.25) is 11.8 Å². The topological polar surface area (TPSA) is 91.3 Å². The lowest BCUT2D eigenvalue weighted by Crippen LogP contribution is -2.25. The molecule has 1 aromatic heterocycles. The predicted molar refractivity (Wildman–Crippen MR) is 105 cm³/mol. The van der Waals surface area contributed by atoms with Crippen LogP contribution in [0.25, 0.3) is 0 Å². The maximum atomic E-state index is 12.3. The summed E-state index contributed by atoms with van der Waals surface area (Å²) in [6, 6.07) is 7.83. The highest BCUT2D eigenvalue weighted by molar-refractivity contribution is 6.30. The average Bonchev–Trinajstić information content (AvgIpc) is 2.65. The van der Waals surface area contributed by atoms with Gasteiger partial charge >= 0.3 is 0 Å². The van der Waals surface area contributed by atoms with Gasteiger partial charge in [-0.3, -0.25) is 9.59 Å². The first-order valence-corrected chi connectivity index (χ1v) is 9.43. The molecule has 1 aliphatic rings. The molecule has 1 aromatic carbocycles. The van der Waals surface area contributed by atoms with E-state index in [0.717, 1.165) is 25.7 Å². The number of rotatable bonds is 5. The number of carbonyl (C=O) groups is 2. The number of nitrogens with one attached hydrogen (secondary N) is 2. The van der Waals surface area contributed by atoms with E-state index in [0.29, 0.717) is 22.1 Å². The van der Waals surface area contributed by atoms with Gasteiger partial charge in [-0.05, 0) is 37.1 Å². The SMILES string of the molecule is O=C(Cc1cc(Cl)ccc1O)Nc1ccnc(NC(=O)C2CCCCC2)c1. The van der Waals surface area contributed by atoms with Crippen molar-refractivity contribution < 1.29 is 14.7 Å². The van der Waals surface area contributed by atoms with E-state index in [1.807, 2.05) is 0 Å². The van der Waals surface area contributed by atoms with Crippen LogP contribution in [0, 0.1) is 5.92 Å². The van der Waals surface area contributed by atoms with Gasteiger partial charge in [-0.25, -0.2) is 4.98 Å². The third-order valence-corrected chi connectivity index (χ3v) is 4.90. The molecule has 1 heterocycles. The third kappa shape index (κ3) is 5.44. The van der Waals surface area contributed by atoms with Crippen molar-refractivity contribution in [3.63, 3.8) is 0 Å². The van der Waals surface area contributed by atoms with E-state index in [1.54, 1.807) is 24.3 Å². The Hall–Kier alpha value is -2.60. The summed E-state index contributed by atoms with van der Waals surface area (Å²) in [6.07, 6.45) is 6.68. The van der Waals surface area contributed by atoms with Gasteiger partial charge in [0.1, 0.15) is 11.6 Å². The predicted octanol–water partition coefficient (Wildman–Crippen LogP) is 4.14. The molecule has 0 radical (unpaired) electrons. The molecule has 3 rings (SSSR count). The minimum atomic E-state index is -0.302. The lowest BCUT2D eigenvalue weighted by Gasteiger charge is -2.20. The van der Waals surface area contributed by atoms with Crippen LogP contribution in [0.15, 0.2) is 36.5 Å². The van der Waals surface area contributed by atoms with Gasteiger partial charge < -0.3 is 15.7 Å². The van der Waals surface area contributed by atoms with E-state index in [9.17, 15) is 14.7 Å². The number of phenolic OH excluding ortho intramolecular Hbond substituents is 1. The molecule has 0 saturated heterocycles. The first-order chi connectivity index (χ1) is 13.0. The second kappa shape index (κ2) is 8.86. The van der Waals surface area contributed by atoms with Crippen LogP contribution in [0.2, 0.25) is 5.02 Å². The third-order valence-electron chi connectivity index (χ3n) is 4.66. The lowest BCUT2D eigenvalue weighted by atomic mass is 9.89. The molecule has 6 nitrogen and oxygen atoms in total. The van der Waals surface area contributed by atoms with Crippen LogP contribution in [0.1, 0.15) is 37.7 Å². The van der Waals surface area contributed by atoms with Crippen LogP contribution in [-0.4, -0.2) is 21.9 Å². The second-order valence-corrected chi connectivity index (χ2v) is 7.19. The standard InChI is InChI=1S/C20H22ClN3O3/c21-15-6-7-17(25)14(10-15)11-19(26)23-16-8-9-22-18(12-16)24-20(27)13-4-2-1-3-5-13/h6-10,12-13,25H,1-5,11H2,(H2,22,23,24,26,27). The molecule has 7 heteroatoms. The van der Waals surface area contributed by atoms with E-state index in [1.165, 1.54) is 18.7 Å². The fourth-order valence-electron chi connectivity index (χ4n) is 3.24. The van der Waals surface area contributed by atoms with Crippen molar-refractivity contribution in [2.24, 2.45) is 5.92 Å². The number of carbonyl (C=O) groups excluding carboxylic acids is 2. The van der Waals surface area contributed by atoms with Gasteiger partial charge in [0.05, 0.1) is 6.42 Å². The number of anilines is 2. The maximum absolute atomic E-state index is 12.3. The van der Waals surface area contributed by atoms with Crippen LogP contribution in [0.5, 0.6) is 5.75 Å². The summed E-state index contributed by atoms with van der Waals surface area (Å²) >= 11 is 5.90. The van der Waals surface area contributed by atoms with Crippen LogP contribution < -0.4 is 10.6 Å². The molecule has 1 aliphatic carbocycles. The zero-order valence-corrected chi connectivity index (χ0v) is 15.6. The van der Waals surface area contributed by atoms with Gasteiger partial charge in [-0.1, -0.05) is 30.9 Å². The molecule has 27 heavy (non-hydrogen) atoms. The molecule has 1 saturated carbocycles. The summed E-state index contributed by atoms with van der Waals surface area (Å²) in [4.78, 5) is 28.7. The number of aromatic nitrogens is 1. The fraction of sp³-hybridized carbons (Fsp3) is 0.350. The fourth-order valence-corrected chi connectivity index (χ4v) is 3.44. The van der Waals surface area contributed by atoms with Crippen molar-refractivity contribution in [2.75, 3.05) is 10.6 Å². The number of nitrogens with zero attached hydrogens (tertiary/aromatic N) is 1. The van der Waals surface area contributed by atoms with E-state index >= 15 is 0 Å². The van der Waals surface area contributed by atoms with Gasteiger partial charge in [0.15, 0.2) is 0 Å². The van der Waals surface area contributed by atoms with Gasteiger partial charge in [0.25, 0.3) is 0 Å². The Morgan fingerprint density at radius 3 is 2.67 bits per heavy atom. The molecular weight excluding hydrogens is 366 g/mol. The largest absolute Gasteiger partial charge is 0.508 e. The molecule has 0 atom stereocenters. The van der Waals surface area contributed by atoms with E-state index in [-0.39, 0.29) is 29.9 Å². The minimum Gasteiger partial charge on any atom is -0.508 e. The Bertz CT molecular complexity index is 835. The maximum Gasteiger partial charge on any atom is 0.228 e. The molecule has 3 N–H and O–H groups in total. The highest BCUT2D eigenvalue weighted by Gasteiger charge is 2.21. The molecule has 0 unspecified atom stereocenters. The Kier molecular flexibility index (Phi) is 6.29. The van der Waals surface area contributed by atoms with Gasteiger partial charge in [0, 0.05) is 34.5 Å². The van der Waals surface area contributed by atoms with Crippen molar-refractivity contribution in [3.05, 3.63) is 47.1 Å². The molecule has 142 valence electrons. The zero-order valence-electron chi connectivity index (χ0n) is 14.9. The molecule has 2 amide bonds. The monoisotopic (exact) mass is 387 g/mol. The van der Waals surface area contributed by atoms with Gasteiger partial charge in [-0.15, -0.1) is 0 Å². The van der Waals surface area contributed by atoms with Crippen molar-refractivity contribution in [1.82, 2.24) is 4.98 Å². The Morgan fingerprint density at radius 2 is 1.89 bits per heavy atom. The van der Waals surface area contributed by atoms with Crippen molar-refractivity contribution in [1.29, 1.82) is 0 Å². The first kappa shape index (κ1) is 19.2. The summed E-state index contributed by atoms with van der Waals surface area (Å²) in [5.41, 5.74) is 0.968. The van der Waals surface area contributed by atoms with Crippen LogP contribution in [-0.2, 0) is 16.0 Å². The Balaban J connectivity index is 1.60. The summed E-state index contributed by atoms with van der Waals surface area (Å²) in [5, 5.41) is 15.9. The van der Waals surface area contributed by atoms with Gasteiger partial charge in [-0.2, -0.15) is 0 Å². The van der Waals surface area contributed by atoms with Crippen molar-refractivity contribution >= 4 is 34.9 Å². The number of benzene rings is 1. The van der Waals surface area contributed by atoms with Crippen LogP contribution in [0.3, 0.4) is 0 Å². The Morgan fingerprint density at radius 1 is 1.11 bits per heavy atom. The molecule has 0 bridgehead atoms. The van der Waals surface area contributed by atoms with Crippen molar-refractivity contribution in [2.45, 2.75) is 38.5 Å². The Labute approximate surface area is 163 Å². The molecule has 2 aromatic rings. The molecule has 0 spiro atoms. The number of halogens is 1. The summed E-state index contributed by atoms with van der Waals surface area (Å²) in [5.74, 6) is 0.140. The number of hydrogen-bond acceptors (Lipinski definition) is 4. The normalized spacial score (nSPS) is 14.6. The molecular formula is C20H22ClN3O3. The van der Waals surface area contributed by atoms with Crippen LogP contribution in [0.4, 0.5) is 11.5 Å². The highest BCUT2D eigenvalue weighted by atomic mass is 35.5. The molecule has 1 fully saturated rings. The quantitative estimate of drug-likeness (QED) is 0.719. The molecule has 0 aliphatic heterocycles. The van der Waals surface area contributed by atoms with Crippen molar-refractivity contribution in [3.8, 4) is 5.75 Å². The van der Waals surface area contributed by atoms with E-state index in [2.05, 4.69) is 15.6 Å². The average molecular weight is 388 g/mol. The highest BCUT2D eigenvalue weighted by Crippen LogP contribution is 2.25. The smallest absolute Gasteiger partial charge is 0.228 e. The summed E-state index contributed by atoms with van der Waals surface area (Å²) in [7, 11) is 0. The number of pyridine rings is 1. The summed E-state index contributed by atoms with van der Waals surface area (Å²) in [6.45, 7) is 0. The zero-order chi connectivity index (χ0) is 19.2. The second-order valence-electron chi connectivity index (χ2n) is 6.75. The minimum absolute atomic E-state index is 0.0154. The lowest BCUT2D eigenvalue weighted by molar-refractivity contribution is -0.120. The van der Waals surface area contributed by atoms with E-state index < -0.39 is 0 Å². The first-order valence-electron chi connectivity index (χ1n) is 9.05. The number of hydrogen-bond donors (Lipinski definition) is 3. The van der Waals surface area contributed by atoms with Crippen LogP contribution >= 0.6 is 11.6 Å². The number of amides is 2. The number of aromatic hydroxyl groups is 1. The summed E-state index contributed by atoms with van der Waals surface area (Å²) < 4.78 is 0. The van der Waals surface area contributed by atoms with E-state index in [4.69, 9.17) is 11.6 Å². The number of phenols is 1.